The Hall–Kier alpha value is -4.04. The van der Waals surface area contributed by atoms with Crippen molar-refractivity contribution in [3.05, 3.63) is 89.0 Å². The second-order valence-electron chi connectivity index (χ2n) is 6.32. The molecule has 0 aliphatic carbocycles. The molecule has 0 spiro atoms. The molecule has 0 amide bonds. The van der Waals surface area contributed by atoms with Crippen molar-refractivity contribution in [2.45, 2.75) is 0 Å². The van der Waals surface area contributed by atoms with E-state index >= 15 is 0 Å². The lowest BCUT2D eigenvalue weighted by Gasteiger charge is -2.06. The van der Waals surface area contributed by atoms with E-state index < -0.39 is 11.6 Å². The minimum absolute atomic E-state index is 0.217. The van der Waals surface area contributed by atoms with Crippen molar-refractivity contribution in [1.82, 2.24) is 0 Å². The van der Waals surface area contributed by atoms with Crippen molar-refractivity contribution in [2.75, 3.05) is 21.3 Å². The Morgan fingerprint density at radius 2 is 1.07 bits per heavy atom. The maximum Gasteiger partial charge on any atom is 0.233 e. The fourth-order valence-electron chi connectivity index (χ4n) is 2.74. The van der Waals surface area contributed by atoms with Crippen LogP contribution in [0.15, 0.2) is 66.7 Å². The average molecular weight is 400 g/mol. The lowest BCUT2D eigenvalue weighted by atomic mass is 9.99. The maximum absolute atomic E-state index is 12.8. The second-order valence-corrected chi connectivity index (χ2v) is 6.32. The van der Waals surface area contributed by atoms with Gasteiger partial charge >= 0.3 is 0 Å². The highest BCUT2D eigenvalue weighted by molar-refractivity contribution is 6.49. The topological polar surface area (TPSA) is 61.8 Å². The fourth-order valence-corrected chi connectivity index (χ4v) is 2.74. The fraction of sp³-hybridized carbons (Fsp3) is 0.120. The number of Topliss-reactive ketones (excluding diaryl/α,β-unsaturated/α-hetero) is 2. The minimum Gasteiger partial charge on any atom is -0.497 e. The first-order valence-corrected chi connectivity index (χ1v) is 9.12. The first kappa shape index (κ1) is 20.7. The molecule has 0 bridgehead atoms. The molecule has 3 rings (SSSR count). The van der Waals surface area contributed by atoms with E-state index in [1.807, 2.05) is 24.3 Å². The highest BCUT2D eigenvalue weighted by atomic mass is 16.5. The van der Waals surface area contributed by atoms with Crippen molar-refractivity contribution in [1.29, 1.82) is 0 Å². The molecule has 0 aromatic heterocycles. The molecule has 30 heavy (non-hydrogen) atoms. The first-order chi connectivity index (χ1) is 14.5. The normalized spacial score (nSPS) is 9.83. The van der Waals surface area contributed by atoms with E-state index in [-0.39, 0.29) is 11.1 Å². The van der Waals surface area contributed by atoms with Gasteiger partial charge in [0.2, 0.25) is 11.6 Å². The van der Waals surface area contributed by atoms with Gasteiger partial charge in [-0.05, 0) is 66.7 Å². The lowest BCUT2D eigenvalue weighted by molar-refractivity contribution is 0.0816. The van der Waals surface area contributed by atoms with E-state index in [0.29, 0.717) is 17.1 Å². The Balaban J connectivity index is 1.88. The molecular formula is C25H20O5. The quantitative estimate of drug-likeness (QED) is 0.353. The van der Waals surface area contributed by atoms with E-state index in [1.165, 1.54) is 20.3 Å². The zero-order valence-corrected chi connectivity index (χ0v) is 16.9. The maximum atomic E-state index is 12.8. The van der Waals surface area contributed by atoms with E-state index in [0.717, 1.165) is 11.3 Å². The van der Waals surface area contributed by atoms with Gasteiger partial charge in [0.15, 0.2) is 0 Å². The van der Waals surface area contributed by atoms with E-state index in [1.54, 1.807) is 43.5 Å². The molecule has 150 valence electrons. The molecule has 0 N–H and O–H groups in total. The van der Waals surface area contributed by atoms with Crippen LogP contribution in [0.4, 0.5) is 0 Å². The standard InChI is InChI=1S/C25H20O5/c1-28-21-10-6-17(7-11-21)4-5-18-14-20(16-23(15-18)30-3)25(27)24(26)19-8-12-22(29-2)13-9-19/h6-16H,1-3H3. The molecule has 0 fully saturated rings. The van der Waals surface area contributed by atoms with E-state index in [2.05, 4.69) is 11.8 Å². The van der Waals surface area contributed by atoms with Gasteiger partial charge in [-0.2, -0.15) is 0 Å². The SMILES string of the molecule is COc1ccc(C#Cc2cc(OC)cc(C(=O)C(=O)c3ccc(OC)cc3)c2)cc1. The summed E-state index contributed by atoms with van der Waals surface area (Å²) in [5.41, 5.74) is 1.86. The summed E-state index contributed by atoms with van der Waals surface area (Å²) >= 11 is 0. The van der Waals surface area contributed by atoms with Crippen molar-refractivity contribution in [3.8, 4) is 29.1 Å². The second kappa shape index (κ2) is 9.44. The Morgan fingerprint density at radius 3 is 1.63 bits per heavy atom. The zero-order chi connectivity index (χ0) is 21.5. The van der Waals surface area contributed by atoms with Crippen molar-refractivity contribution >= 4 is 11.6 Å². The monoisotopic (exact) mass is 400 g/mol. The Kier molecular flexibility index (Phi) is 6.51. The van der Waals surface area contributed by atoms with Crippen LogP contribution in [0.3, 0.4) is 0 Å². The van der Waals surface area contributed by atoms with Crippen molar-refractivity contribution < 1.29 is 23.8 Å². The van der Waals surface area contributed by atoms with Gasteiger partial charge < -0.3 is 14.2 Å². The molecule has 0 unspecified atom stereocenters. The van der Waals surface area contributed by atoms with Crippen molar-refractivity contribution in [2.24, 2.45) is 0 Å². The third-order valence-electron chi connectivity index (χ3n) is 4.40. The number of methoxy groups -OCH3 is 3. The van der Waals surface area contributed by atoms with Gasteiger partial charge in [0.05, 0.1) is 21.3 Å². The van der Waals surface area contributed by atoms with Crippen LogP contribution in [0.5, 0.6) is 17.2 Å². The third-order valence-corrected chi connectivity index (χ3v) is 4.40. The smallest absolute Gasteiger partial charge is 0.233 e. The van der Waals surface area contributed by atoms with Gasteiger partial charge in [-0.25, -0.2) is 0 Å². The molecule has 5 heteroatoms. The van der Waals surface area contributed by atoms with E-state index in [4.69, 9.17) is 14.2 Å². The molecule has 0 saturated carbocycles. The Morgan fingerprint density at radius 1 is 0.567 bits per heavy atom. The summed E-state index contributed by atoms with van der Waals surface area (Å²) in [5, 5.41) is 0. The summed E-state index contributed by atoms with van der Waals surface area (Å²) in [6, 6.07) is 18.5. The van der Waals surface area contributed by atoms with Gasteiger partial charge in [-0.15, -0.1) is 0 Å². The molecule has 3 aromatic rings. The molecule has 0 atom stereocenters. The van der Waals surface area contributed by atoms with E-state index in [9.17, 15) is 9.59 Å². The number of carbonyl (C=O) groups is 2. The molecular weight excluding hydrogens is 380 g/mol. The zero-order valence-electron chi connectivity index (χ0n) is 16.9. The molecule has 3 aromatic carbocycles. The van der Waals surface area contributed by atoms with Crippen LogP contribution in [0.1, 0.15) is 31.8 Å². The van der Waals surface area contributed by atoms with Crippen LogP contribution in [0, 0.1) is 11.8 Å². The van der Waals surface area contributed by atoms with Gasteiger partial charge in [0.25, 0.3) is 0 Å². The summed E-state index contributed by atoms with van der Waals surface area (Å²) in [5.74, 6) is 6.60. The van der Waals surface area contributed by atoms with Crippen LogP contribution < -0.4 is 14.2 Å². The Labute approximate surface area is 175 Å². The number of ether oxygens (including phenoxy) is 3. The highest BCUT2D eigenvalue weighted by Crippen LogP contribution is 2.20. The summed E-state index contributed by atoms with van der Waals surface area (Å²) in [6.07, 6.45) is 0. The Bertz CT molecular complexity index is 1120. The highest BCUT2D eigenvalue weighted by Gasteiger charge is 2.19. The van der Waals surface area contributed by atoms with Gasteiger partial charge in [0.1, 0.15) is 17.2 Å². The third kappa shape index (κ3) is 4.86. The molecule has 0 heterocycles. The number of carbonyl (C=O) groups excluding carboxylic acids is 2. The van der Waals surface area contributed by atoms with Gasteiger partial charge in [-0.1, -0.05) is 11.8 Å². The van der Waals surface area contributed by atoms with Gasteiger partial charge in [-0.3, -0.25) is 9.59 Å². The molecule has 0 aliphatic heterocycles. The van der Waals surface area contributed by atoms with Crippen LogP contribution in [-0.2, 0) is 0 Å². The van der Waals surface area contributed by atoms with Crippen LogP contribution >= 0.6 is 0 Å². The summed E-state index contributed by atoms with van der Waals surface area (Å²) in [7, 11) is 4.63. The summed E-state index contributed by atoms with van der Waals surface area (Å²) in [4.78, 5) is 25.4. The van der Waals surface area contributed by atoms with Crippen molar-refractivity contribution in [3.63, 3.8) is 0 Å². The number of hydrogen-bond donors (Lipinski definition) is 0. The molecule has 5 nitrogen and oxygen atoms in total. The minimum atomic E-state index is -0.633. The molecule has 0 radical (unpaired) electrons. The largest absolute Gasteiger partial charge is 0.497 e. The average Bonchev–Trinajstić information content (AvgIpc) is 2.81. The first-order valence-electron chi connectivity index (χ1n) is 9.12. The van der Waals surface area contributed by atoms with Gasteiger partial charge in [0, 0.05) is 22.3 Å². The summed E-state index contributed by atoms with van der Waals surface area (Å²) in [6.45, 7) is 0. The lowest BCUT2D eigenvalue weighted by Crippen LogP contribution is -2.14. The number of rotatable bonds is 6. The molecule has 0 aliphatic rings. The van der Waals surface area contributed by atoms with Crippen LogP contribution in [0.25, 0.3) is 0 Å². The number of benzene rings is 3. The van der Waals surface area contributed by atoms with Crippen LogP contribution in [0.2, 0.25) is 0 Å². The van der Waals surface area contributed by atoms with Crippen LogP contribution in [-0.4, -0.2) is 32.9 Å². The number of ketones is 2. The predicted molar refractivity (Wildman–Crippen MR) is 114 cm³/mol. The number of hydrogen-bond acceptors (Lipinski definition) is 5. The molecule has 0 saturated heterocycles. The predicted octanol–water partition coefficient (Wildman–Crippen LogP) is 4.18. The summed E-state index contributed by atoms with van der Waals surface area (Å²) < 4.78 is 15.5.